The number of carbonyl (C=O) groups is 1. The van der Waals surface area contributed by atoms with Crippen molar-refractivity contribution in [2.24, 2.45) is 0 Å². The second-order valence-electron chi connectivity index (χ2n) is 9.68. The Kier molecular flexibility index (Phi) is 8.30. The average Bonchev–Trinajstić information content (AvgIpc) is 3.45. The van der Waals surface area contributed by atoms with Gasteiger partial charge in [0.1, 0.15) is 29.3 Å². The van der Waals surface area contributed by atoms with E-state index in [0.29, 0.717) is 64.3 Å². The number of aryl methyl sites for hydroxylation is 1. The molecule has 2 heterocycles. The van der Waals surface area contributed by atoms with Crippen molar-refractivity contribution >= 4 is 16.9 Å². The SMILES string of the molecule is C[C@@H](OCc1cccc(F)c1)c1cc(-c2ccc3c(=O)n(-c4ccc(F)cc4)c(CCCCC(=O)O)nc3c2)no1. The van der Waals surface area contributed by atoms with Gasteiger partial charge in [-0.2, -0.15) is 0 Å². The van der Waals surface area contributed by atoms with Gasteiger partial charge >= 0.3 is 5.97 Å². The quantitative estimate of drug-likeness (QED) is 0.187. The highest BCUT2D eigenvalue weighted by molar-refractivity contribution is 5.83. The Balaban J connectivity index is 1.43. The van der Waals surface area contributed by atoms with Crippen molar-refractivity contribution in [1.82, 2.24) is 14.7 Å². The highest BCUT2D eigenvalue weighted by atomic mass is 19.1. The third-order valence-electron chi connectivity index (χ3n) is 6.68. The number of ether oxygens (including phenoxy) is 1. The van der Waals surface area contributed by atoms with Crippen molar-refractivity contribution in [3.05, 3.63) is 112 Å². The van der Waals surface area contributed by atoms with Crippen LogP contribution in [0.3, 0.4) is 0 Å². The van der Waals surface area contributed by atoms with Crippen molar-refractivity contribution in [1.29, 1.82) is 0 Å². The number of fused-ring (bicyclic) bond motifs is 1. The van der Waals surface area contributed by atoms with Crippen LogP contribution in [0.1, 0.15) is 49.4 Å². The van der Waals surface area contributed by atoms with Gasteiger partial charge < -0.3 is 14.4 Å². The van der Waals surface area contributed by atoms with E-state index in [9.17, 15) is 18.4 Å². The van der Waals surface area contributed by atoms with Crippen molar-refractivity contribution < 1.29 is 27.9 Å². The first-order valence-corrected chi connectivity index (χ1v) is 13.1. The topological polar surface area (TPSA) is 107 Å². The molecule has 10 heteroatoms. The predicted octanol–water partition coefficient (Wildman–Crippen LogP) is 6.39. The summed E-state index contributed by atoms with van der Waals surface area (Å²) in [6.45, 7) is 2.00. The molecule has 0 aliphatic carbocycles. The van der Waals surface area contributed by atoms with Crippen LogP contribution in [0, 0.1) is 11.6 Å². The molecule has 1 atom stereocenters. The van der Waals surface area contributed by atoms with Gasteiger partial charge in [0.05, 0.1) is 23.2 Å². The Labute approximate surface area is 233 Å². The molecule has 0 amide bonds. The summed E-state index contributed by atoms with van der Waals surface area (Å²) >= 11 is 0. The van der Waals surface area contributed by atoms with E-state index in [1.807, 2.05) is 0 Å². The molecule has 0 saturated heterocycles. The fourth-order valence-electron chi connectivity index (χ4n) is 4.52. The van der Waals surface area contributed by atoms with Crippen molar-refractivity contribution in [3.63, 3.8) is 0 Å². The lowest BCUT2D eigenvalue weighted by atomic mass is 10.1. The molecule has 5 aromatic rings. The summed E-state index contributed by atoms with van der Waals surface area (Å²) in [6.07, 6.45) is 0.851. The number of aliphatic carboxylic acids is 1. The van der Waals surface area contributed by atoms with Crippen LogP contribution in [0.15, 0.2) is 82.1 Å². The molecule has 210 valence electrons. The van der Waals surface area contributed by atoms with Crippen LogP contribution in [0.5, 0.6) is 0 Å². The summed E-state index contributed by atoms with van der Waals surface area (Å²) in [6, 6.07) is 18.6. The fourth-order valence-corrected chi connectivity index (χ4v) is 4.52. The number of aromatic nitrogens is 3. The lowest BCUT2D eigenvalue weighted by molar-refractivity contribution is -0.137. The Morgan fingerprint density at radius 2 is 1.83 bits per heavy atom. The van der Waals surface area contributed by atoms with Crippen LogP contribution in [-0.4, -0.2) is 25.8 Å². The van der Waals surface area contributed by atoms with E-state index in [2.05, 4.69) is 5.16 Å². The van der Waals surface area contributed by atoms with Crippen molar-refractivity contribution in [3.8, 4) is 16.9 Å². The van der Waals surface area contributed by atoms with E-state index in [1.54, 1.807) is 43.3 Å². The normalized spacial score (nSPS) is 12.1. The summed E-state index contributed by atoms with van der Waals surface area (Å²) in [4.78, 5) is 29.3. The largest absolute Gasteiger partial charge is 0.481 e. The van der Waals surface area contributed by atoms with Gasteiger partial charge in [0.15, 0.2) is 5.76 Å². The number of hydrogen-bond acceptors (Lipinski definition) is 6. The van der Waals surface area contributed by atoms with E-state index in [0.717, 1.165) is 0 Å². The molecule has 0 fully saturated rings. The number of halogens is 2. The summed E-state index contributed by atoms with van der Waals surface area (Å²) in [5.41, 5.74) is 2.49. The van der Waals surface area contributed by atoms with Gasteiger partial charge in [-0.1, -0.05) is 23.4 Å². The molecule has 0 saturated carbocycles. The van der Waals surface area contributed by atoms with Crippen LogP contribution >= 0.6 is 0 Å². The number of carboxylic acid groups (broad SMARTS) is 1. The molecule has 0 bridgehead atoms. The van der Waals surface area contributed by atoms with Crippen LogP contribution < -0.4 is 5.56 Å². The molecule has 5 rings (SSSR count). The van der Waals surface area contributed by atoms with Gasteiger partial charge in [0.2, 0.25) is 0 Å². The van der Waals surface area contributed by atoms with Crippen LogP contribution in [0.4, 0.5) is 8.78 Å². The maximum atomic E-state index is 13.6. The first kappa shape index (κ1) is 27.9. The minimum Gasteiger partial charge on any atom is -0.481 e. The number of nitrogens with zero attached hydrogens (tertiary/aromatic N) is 3. The molecule has 0 spiro atoms. The maximum absolute atomic E-state index is 13.6. The molecule has 0 radical (unpaired) electrons. The third-order valence-corrected chi connectivity index (χ3v) is 6.68. The first-order valence-electron chi connectivity index (χ1n) is 13.1. The summed E-state index contributed by atoms with van der Waals surface area (Å²) in [7, 11) is 0. The number of carboxylic acids is 1. The molecule has 8 nitrogen and oxygen atoms in total. The summed E-state index contributed by atoms with van der Waals surface area (Å²) in [5, 5.41) is 13.5. The second kappa shape index (κ2) is 12.2. The molecule has 0 aliphatic rings. The Hall–Kier alpha value is -4.70. The molecular formula is C31H27F2N3O5. The number of hydrogen-bond donors (Lipinski definition) is 1. The van der Waals surface area contributed by atoms with Crippen LogP contribution in [0.2, 0.25) is 0 Å². The highest BCUT2D eigenvalue weighted by Gasteiger charge is 2.17. The van der Waals surface area contributed by atoms with Gasteiger partial charge in [-0.15, -0.1) is 0 Å². The smallest absolute Gasteiger partial charge is 0.303 e. The zero-order chi connectivity index (χ0) is 28.9. The Bertz CT molecular complexity index is 1750. The van der Waals surface area contributed by atoms with Gasteiger partial charge in [-0.25, -0.2) is 13.8 Å². The van der Waals surface area contributed by atoms with E-state index < -0.39 is 17.9 Å². The van der Waals surface area contributed by atoms with Gasteiger partial charge in [-0.05, 0) is 73.9 Å². The Morgan fingerprint density at radius 3 is 2.59 bits per heavy atom. The third kappa shape index (κ3) is 6.55. The lowest BCUT2D eigenvalue weighted by Gasteiger charge is -2.14. The molecule has 0 unspecified atom stereocenters. The zero-order valence-corrected chi connectivity index (χ0v) is 22.2. The maximum Gasteiger partial charge on any atom is 0.303 e. The number of unbranched alkanes of at least 4 members (excludes halogenated alkanes) is 1. The molecule has 1 N–H and O–H groups in total. The van der Waals surface area contributed by atoms with Crippen molar-refractivity contribution in [2.75, 3.05) is 0 Å². The molecule has 0 aliphatic heterocycles. The first-order chi connectivity index (χ1) is 19.8. The standard InChI is InChI=1S/C31H27F2N3O5/c1-19(40-18-20-5-4-6-23(33)15-20)28-17-26(35-41-28)21-9-14-25-27(16-21)34-29(7-2-3-8-30(37)38)36(31(25)39)24-12-10-22(32)11-13-24/h4-6,9-17,19H,2-3,7-8,18H2,1H3,(H,37,38)/t19-/m1/s1. The fraction of sp³-hybridized carbons (Fsp3) is 0.226. The summed E-state index contributed by atoms with van der Waals surface area (Å²) in [5.74, 6) is -0.729. The van der Waals surface area contributed by atoms with Gasteiger partial charge in [0.25, 0.3) is 5.56 Å². The second-order valence-corrected chi connectivity index (χ2v) is 9.68. The number of benzene rings is 3. The predicted molar refractivity (Wildman–Crippen MR) is 148 cm³/mol. The minimum atomic E-state index is -0.891. The highest BCUT2D eigenvalue weighted by Crippen LogP contribution is 2.27. The van der Waals surface area contributed by atoms with Gasteiger partial charge in [-0.3, -0.25) is 14.2 Å². The summed E-state index contributed by atoms with van der Waals surface area (Å²) < 4.78 is 39.8. The molecule has 3 aromatic carbocycles. The average molecular weight is 560 g/mol. The van der Waals surface area contributed by atoms with E-state index in [1.165, 1.54) is 41.0 Å². The van der Waals surface area contributed by atoms with Crippen LogP contribution in [-0.2, 0) is 22.6 Å². The molecule has 41 heavy (non-hydrogen) atoms. The van der Waals surface area contributed by atoms with E-state index in [4.69, 9.17) is 19.4 Å². The Morgan fingerprint density at radius 1 is 1.02 bits per heavy atom. The number of rotatable bonds is 11. The molecular weight excluding hydrogens is 532 g/mol. The van der Waals surface area contributed by atoms with Crippen molar-refractivity contribution in [2.45, 2.75) is 45.3 Å². The van der Waals surface area contributed by atoms with Crippen LogP contribution in [0.25, 0.3) is 27.8 Å². The lowest BCUT2D eigenvalue weighted by Crippen LogP contribution is -2.24. The monoisotopic (exact) mass is 559 g/mol. The van der Waals surface area contributed by atoms with Gasteiger partial charge in [0, 0.05) is 24.5 Å². The zero-order valence-electron chi connectivity index (χ0n) is 22.2. The minimum absolute atomic E-state index is 0.0113. The van der Waals surface area contributed by atoms with E-state index >= 15 is 0 Å². The van der Waals surface area contributed by atoms with E-state index in [-0.39, 0.29) is 24.4 Å². The molecule has 2 aromatic heterocycles.